The van der Waals surface area contributed by atoms with Gasteiger partial charge in [-0.25, -0.2) is 9.78 Å². The molecule has 0 bridgehead atoms. The second-order valence-electron chi connectivity index (χ2n) is 4.40. The molecule has 0 unspecified atom stereocenters. The zero-order chi connectivity index (χ0) is 14.6. The first kappa shape index (κ1) is 16.4. The first-order chi connectivity index (χ1) is 9.77. The van der Waals surface area contributed by atoms with E-state index in [-0.39, 0.29) is 5.97 Å². The molecule has 0 radical (unpaired) electrons. The minimum atomic E-state index is -0.337. The zero-order valence-electron chi connectivity index (χ0n) is 12.4. The molecule has 0 fully saturated rings. The van der Waals surface area contributed by atoms with Crippen LogP contribution >= 0.6 is 0 Å². The van der Waals surface area contributed by atoms with Gasteiger partial charge in [0.1, 0.15) is 5.82 Å². The van der Waals surface area contributed by atoms with Crippen molar-refractivity contribution in [2.24, 2.45) is 0 Å². The molecular formula is C15H24N2O3. The van der Waals surface area contributed by atoms with Gasteiger partial charge in [-0.1, -0.05) is 13.3 Å². The maximum atomic E-state index is 11.4. The summed E-state index contributed by atoms with van der Waals surface area (Å²) >= 11 is 0. The predicted molar refractivity (Wildman–Crippen MR) is 79.0 cm³/mol. The van der Waals surface area contributed by atoms with E-state index in [1.165, 1.54) is 6.20 Å². The van der Waals surface area contributed by atoms with Gasteiger partial charge in [0, 0.05) is 26.0 Å². The molecule has 0 saturated carbocycles. The average molecular weight is 280 g/mol. The number of esters is 1. The largest absolute Gasteiger partial charge is 0.462 e. The zero-order valence-corrected chi connectivity index (χ0v) is 12.4. The van der Waals surface area contributed by atoms with Gasteiger partial charge in [-0.2, -0.15) is 0 Å². The van der Waals surface area contributed by atoms with Crippen LogP contribution in [-0.4, -0.2) is 37.3 Å². The molecule has 1 aromatic heterocycles. The van der Waals surface area contributed by atoms with Crippen LogP contribution in [-0.2, 0) is 9.47 Å². The van der Waals surface area contributed by atoms with Gasteiger partial charge in [0.05, 0.1) is 12.2 Å². The summed E-state index contributed by atoms with van der Waals surface area (Å²) < 4.78 is 10.4. The molecule has 0 amide bonds. The van der Waals surface area contributed by atoms with Crippen LogP contribution in [0.25, 0.3) is 0 Å². The van der Waals surface area contributed by atoms with Gasteiger partial charge >= 0.3 is 5.97 Å². The molecule has 0 aromatic carbocycles. The summed E-state index contributed by atoms with van der Waals surface area (Å²) in [5.74, 6) is 0.419. The highest BCUT2D eigenvalue weighted by Gasteiger charge is 2.06. The van der Waals surface area contributed by atoms with Crippen LogP contribution in [0.1, 0.15) is 43.5 Å². The molecule has 1 heterocycles. The second-order valence-corrected chi connectivity index (χ2v) is 4.40. The summed E-state index contributed by atoms with van der Waals surface area (Å²) in [4.78, 5) is 15.6. The van der Waals surface area contributed by atoms with Crippen molar-refractivity contribution in [2.45, 2.75) is 33.1 Å². The number of hydrogen-bond donors (Lipinski definition) is 1. The summed E-state index contributed by atoms with van der Waals surface area (Å²) in [7, 11) is 0. The Bertz CT molecular complexity index is 379. The Morgan fingerprint density at radius 2 is 2.05 bits per heavy atom. The summed E-state index contributed by atoms with van der Waals surface area (Å²) in [6.07, 6.45) is 4.74. The number of aromatic nitrogens is 1. The molecule has 0 atom stereocenters. The summed E-state index contributed by atoms with van der Waals surface area (Å²) in [5.41, 5.74) is 0.472. The maximum absolute atomic E-state index is 11.4. The molecule has 0 aliphatic carbocycles. The fourth-order valence-corrected chi connectivity index (χ4v) is 1.57. The van der Waals surface area contributed by atoms with Crippen molar-refractivity contribution in [1.82, 2.24) is 4.98 Å². The van der Waals surface area contributed by atoms with E-state index in [2.05, 4.69) is 17.2 Å². The molecule has 0 aliphatic heterocycles. The Morgan fingerprint density at radius 1 is 1.25 bits per heavy atom. The van der Waals surface area contributed by atoms with Gasteiger partial charge in [-0.15, -0.1) is 0 Å². The molecule has 0 saturated heterocycles. The lowest BCUT2D eigenvalue weighted by molar-refractivity contribution is 0.0526. The van der Waals surface area contributed by atoms with Crippen molar-refractivity contribution in [3.8, 4) is 0 Å². The second kappa shape index (κ2) is 10.2. The molecule has 0 spiro atoms. The molecule has 112 valence electrons. The fourth-order valence-electron chi connectivity index (χ4n) is 1.57. The van der Waals surface area contributed by atoms with E-state index >= 15 is 0 Å². The summed E-state index contributed by atoms with van der Waals surface area (Å²) in [6.45, 7) is 6.70. The van der Waals surface area contributed by atoms with Gasteiger partial charge in [-0.05, 0) is 31.9 Å². The lowest BCUT2D eigenvalue weighted by Crippen LogP contribution is -2.09. The molecular weight excluding hydrogens is 256 g/mol. The van der Waals surface area contributed by atoms with E-state index in [1.807, 2.05) is 0 Å². The standard InChI is InChI=1S/C15H24N2O3/c1-3-5-10-19-11-6-9-16-14-8-7-13(12-17-14)15(18)20-4-2/h7-8,12H,3-6,9-11H2,1-2H3,(H,16,17). The number of nitrogens with zero attached hydrogens (tertiary/aromatic N) is 1. The lowest BCUT2D eigenvalue weighted by atomic mass is 10.3. The number of carbonyl (C=O) groups excluding carboxylic acids is 1. The highest BCUT2D eigenvalue weighted by Crippen LogP contribution is 2.06. The molecule has 0 aliphatic rings. The third kappa shape index (κ3) is 6.52. The summed E-state index contributed by atoms with van der Waals surface area (Å²) in [5, 5.41) is 3.19. The van der Waals surface area contributed by atoms with Crippen molar-refractivity contribution in [1.29, 1.82) is 0 Å². The molecule has 5 nitrogen and oxygen atoms in total. The smallest absolute Gasteiger partial charge is 0.339 e. The van der Waals surface area contributed by atoms with Crippen LogP contribution in [0.5, 0.6) is 0 Å². The maximum Gasteiger partial charge on any atom is 0.339 e. The quantitative estimate of drug-likeness (QED) is 0.527. The Labute approximate surface area is 120 Å². The van der Waals surface area contributed by atoms with Gasteiger partial charge in [0.25, 0.3) is 0 Å². The summed E-state index contributed by atoms with van der Waals surface area (Å²) in [6, 6.07) is 3.50. The highest BCUT2D eigenvalue weighted by molar-refractivity contribution is 5.89. The molecule has 1 aromatic rings. The van der Waals surface area contributed by atoms with Crippen LogP contribution in [0.15, 0.2) is 18.3 Å². The van der Waals surface area contributed by atoms with E-state index in [0.29, 0.717) is 12.2 Å². The number of pyridine rings is 1. The van der Waals surface area contributed by atoms with Gasteiger partial charge in [-0.3, -0.25) is 0 Å². The number of rotatable bonds is 10. The molecule has 1 N–H and O–H groups in total. The van der Waals surface area contributed by atoms with Crippen LogP contribution in [0, 0.1) is 0 Å². The van der Waals surface area contributed by atoms with E-state index in [9.17, 15) is 4.79 Å². The number of anilines is 1. The number of unbranched alkanes of at least 4 members (excludes halogenated alkanes) is 1. The van der Waals surface area contributed by atoms with Crippen LogP contribution < -0.4 is 5.32 Å². The van der Waals surface area contributed by atoms with E-state index in [4.69, 9.17) is 9.47 Å². The highest BCUT2D eigenvalue weighted by atomic mass is 16.5. The SMILES string of the molecule is CCCCOCCCNc1ccc(C(=O)OCC)cn1. The van der Waals surface area contributed by atoms with Crippen molar-refractivity contribution in [3.63, 3.8) is 0 Å². The van der Waals surface area contributed by atoms with Crippen molar-refractivity contribution < 1.29 is 14.3 Å². The number of ether oxygens (including phenoxy) is 2. The number of carbonyl (C=O) groups is 1. The minimum absolute atomic E-state index is 0.337. The van der Waals surface area contributed by atoms with Gasteiger partial charge in [0.2, 0.25) is 0 Å². The molecule has 5 heteroatoms. The molecule has 1 rings (SSSR count). The Kier molecular flexibility index (Phi) is 8.38. The topological polar surface area (TPSA) is 60.5 Å². The number of hydrogen-bond acceptors (Lipinski definition) is 5. The third-order valence-electron chi connectivity index (χ3n) is 2.69. The average Bonchev–Trinajstić information content (AvgIpc) is 2.47. The van der Waals surface area contributed by atoms with Crippen LogP contribution in [0.2, 0.25) is 0 Å². The Balaban J connectivity index is 2.20. The van der Waals surface area contributed by atoms with E-state index in [1.54, 1.807) is 19.1 Å². The van der Waals surface area contributed by atoms with Crippen LogP contribution in [0.3, 0.4) is 0 Å². The first-order valence-electron chi connectivity index (χ1n) is 7.22. The van der Waals surface area contributed by atoms with Gasteiger partial charge in [0.15, 0.2) is 0 Å². The van der Waals surface area contributed by atoms with Gasteiger partial charge < -0.3 is 14.8 Å². The Morgan fingerprint density at radius 3 is 2.70 bits per heavy atom. The molecule has 20 heavy (non-hydrogen) atoms. The first-order valence-corrected chi connectivity index (χ1v) is 7.22. The van der Waals surface area contributed by atoms with E-state index < -0.39 is 0 Å². The van der Waals surface area contributed by atoms with Crippen molar-refractivity contribution in [2.75, 3.05) is 31.7 Å². The van der Waals surface area contributed by atoms with E-state index in [0.717, 1.165) is 44.8 Å². The predicted octanol–water partition coefficient (Wildman–Crippen LogP) is 2.88. The van der Waals surface area contributed by atoms with Crippen LogP contribution in [0.4, 0.5) is 5.82 Å². The van der Waals surface area contributed by atoms with Crippen molar-refractivity contribution in [3.05, 3.63) is 23.9 Å². The third-order valence-corrected chi connectivity index (χ3v) is 2.69. The lowest BCUT2D eigenvalue weighted by Gasteiger charge is -2.07. The van der Waals surface area contributed by atoms with Crippen molar-refractivity contribution >= 4 is 11.8 Å². The number of nitrogens with one attached hydrogen (secondary N) is 1. The minimum Gasteiger partial charge on any atom is -0.462 e. The normalized spacial score (nSPS) is 10.3. The monoisotopic (exact) mass is 280 g/mol. The Hall–Kier alpha value is -1.62. The fraction of sp³-hybridized carbons (Fsp3) is 0.600.